The lowest BCUT2D eigenvalue weighted by molar-refractivity contribution is -0.138. The van der Waals surface area contributed by atoms with Crippen LogP contribution in [-0.2, 0) is 22.9 Å². The summed E-state index contributed by atoms with van der Waals surface area (Å²) in [5, 5.41) is 3.34. The molecule has 0 spiro atoms. The van der Waals surface area contributed by atoms with E-state index < -0.39 is 11.7 Å². The first kappa shape index (κ1) is 24.5. The molecule has 3 N–H and O–H groups in total. The van der Waals surface area contributed by atoms with E-state index >= 15 is 0 Å². The molecule has 2 aromatic rings. The van der Waals surface area contributed by atoms with Crippen molar-refractivity contribution in [1.29, 1.82) is 0 Å². The zero-order valence-electron chi connectivity index (χ0n) is 16.3. The summed E-state index contributed by atoms with van der Waals surface area (Å²) in [5.41, 5.74) is 6.29. The molecule has 3 rings (SSSR count). The molecule has 30 heavy (non-hydrogen) atoms. The number of alkyl halides is 3. The molecule has 0 aromatic heterocycles. The summed E-state index contributed by atoms with van der Waals surface area (Å²) in [6.07, 6.45) is -1.70. The normalized spacial score (nSPS) is 21.6. The summed E-state index contributed by atoms with van der Waals surface area (Å²) >= 11 is 6.12. The number of carbonyl (C=O) groups excluding carboxylic acids is 1. The van der Waals surface area contributed by atoms with E-state index in [-0.39, 0.29) is 41.8 Å². The monoisotopic (exact) mass is 460 g/mol. The maximum atomic E-state index is 13.1. The van der Waals surface area contributed by atoms with E-state index in [1.54, 1.807) is 0 Å². The van der Waals surface area contributed by atoms with Crippen molar-refractivity contribution >= 4 is 29.9 Å². The largest absolute Gasteiger partial charge is 0.416 e. The summed E-state index contributed by atoms with van der Waals surface area (Å²) in [6, 6.07) is 12.9. The number of rotatable bonds is 5. The predicted molar refractivity (Wildman–Crippen MR) is 115 cm³/mol. The molecule has 8 heteroatoms. The molecule has 0 atom stereocenters. The van der Waals surface area contributed by atoms with Crippen molar-refractivity contribution in [3.63, 3.8) is 0 Å². The van der Waals surface area contributed by atoms with Gasteiger partial charge in [-0.05, 0) is 55.0 Å². The smallest absolute Gasteiger partial charge is 0.352 e. The van der Waals surface area contributed by atoms with Gasteiger partial charge in [0.25, 0.3) is 0 Å². The maximum absolute atomic E-state index is 13.1. The number of amides is 1. The fourth-order valence-corrected chi connectivity index (χ4v) is 4.33. The second-order valence-corrected chi connectivity index (χ2v) is 8.08. The zero-order chi connectivity index (χ0) is 21.1. The van der Waals surface area contributed by atoms with Gasteiger partial charge in [-0.15, -0.1) is 12.4 Å². The van der Waals surface area contributed by atoms with Gasteiger partial charge in [-0.3, -0.25) is 4.79 Å². The number of nitrogens with one attached hydrogen (secondary N) is 1. The molecule has 1 saturated carbocycles. The lowest BCUT2D eigenvalue weighted by Gasteiger charge is -2.39. The molecule has 2 aromatic carbocycles. The third kappa shape index (κ3) is 5.48. The third-order valence-corrected chi connectivity index (χ3v) is 6.15. The van der Waals surface area contributed by atoms with Crippen LogP contribution in [0.5, 0.6) is 0 Å². The Balaban J connectivity index is 0.00000320. The molecule has 0 heterocycles. The van der Waals surface area contributed by atoms with Gasteiger partial charge in [0.05, 0.1) is 5.56 Å². The minimum absolute atomic E-state index is 0. The molecule has 0 bridgehead atoms. The highest BCUT2D eigenvalue weighted by Crippen LogP contribution is 2.41. The highest BCUT2D eigenvalue weighted by atomic mass is 35.5. The van der Waals surface area contributed by atoms with Crippen LogP contribution in [0, 0.1) is 5.92 Å². The third-order valence-electron chi connectivity index (χ3n) is 5.92. The summed E-state index contributed by atoms with van der Waals surface area (Å²) in [4.78, 5) is 12.6. The number of halogens is 5. The molecular weight excluding hydrogens is 436 g/mol. The lowest BCUT2D eigenvalue weighted by Crippen LogP contribution is -2.42. The second-order valence-electron chi connectivity index (χ2n) is 7.64. The summed E-state index contributed by atoms with van der Waals surface area (Å²) < 4.78 is 39.3. The van der Waals surface area contributed by atoms with Crippen molar-refractivity contribution in [2.24, 2.45) is 11.7 Å². The van der Waals surface area contributed by atoms with Crippen LogP contribution in [-0.4, -0.2) is 12.5 Å². The van der Waals surface area contributed by atoms with Gasteiger partial charge in [-0.2, -0.15) is 13.2 Å². The van der Waals surface area contributed by atoms with Crippen LogP contribution >= 0.6 is 24.0 Å². The average molecular weight is 461 g/mol. The van der Waals surface area contributed by atoms with E-state index in [0.29, 0.717) is 24.4 Å². The molecule has 0 saturated heterocycles. The summed E-state index contributed by atoms with van der Waals surface area (Å²) in [7, 11) is 0. The highest BCUT2D eigenvalue weighted by Gasteiger charge is 2.38. The van der Waals surface area contributed by atoms with Gasteiger partial charge in [0, 0.05) is 29.4 Å². The van der Waals surface area contributed by atoms with Crippen LogP contribution in [0.25, 0.3) is 0 Å². The van der Waals surface area contributed by atoms with E-state index in [4.69, 9.17) is 17.3 Å². The van der Waals surface area contributed by atoms with Gasteiger partial charge < -0.3 is 11.1 Å². The molecule has 0 aliphatic heterocycles. The van der Waals surface area contributed by atoms with Crippen molar-refractivity contribution in [2.45, 2.75) is 43.8 Å². The Morgan fingerprint density at radius 1 is 1.13 bits per heavy atom. The first-order chi connectivity index (χ1) is 13.7. The van der Waals surface area contributed by atoms with Crippen molar-refractivity contribution in [2.75, 3.05) is 6.54 Å². The molecule has 1 aliphatic rings. The Kier molecular flexibility index (Phi) is 8.20. The molecule has 0 unspecified atom stereocenters. The molecular formula is C22H25Cl2F3N2O. The van der Waals surface area contributed by atoms with Crippen molar-refractivity contribution in [3.05, 3.63) is 70.2 Å². The summed E-state index contributed by atoms with van der Waals surface area (Å²) in [5.74, 6) is -0.439. The number of nitrogens with two attached hydrogens (primary N) is 1. The van der Waals surface area contributed by atoms with Crippen LogP contribution in [0.3, 0.4) is 0 Å². The Bertz CT molecular complexity index is 865. The van der Waals surface area contributed by atoms with Crippen molar-refractivity contribution < 1.29 is 18.0 Å². The number of hydrogen-bond donors (Lipinski definition) is 2. The van der Waals surface area contributed by atoms with E-state index in [0.717, 1.165) is 24.5 Å². The van der Waals surface area contributed by atoms with Gasteiger partial charge in [0.1, 0.15) is 0 Å². The van der Waals surface area contributed by atoms with Crippen LogP contribution in [0.2, 0.25) is 5.02 Å². The quantitative estimate of drug-likeness (QED) is 0.620. The van der Waals surface area contributed by atoms with Gasteiger partial charge in [0.2, 0.25) is 5.91 Å². The summed E-state index contributed by atoms with van der Waals surface area (Å²) in [6.45, 7) is 0.321. The lowest BCUT2D eigenvalue weighted by atomic mass is 9.66. The van der Waals surface area contributed by atoms with Crippen LogP contribution in [0.4, 0.5) is 13.2 Å². The zero-order valence-corrected chi connectivity index (χ0v) is 17.9. The van der Waals surface area contributed by atoms with E-state index in [9.17, 15) is 18.0 Å². The fraction of sp³-hybridized carbons (Fsp3) is 0.409. The molecule has 164 valence electrons. The van der Waals surface area contributed by atoms with Gasteiger partial charge in [0.15, 0.2) is 0 Å². The number of carbonyl (C=O) groups is 1. The van der Waals surface area contributed by atoms with E-state index in [1.807, 2.05) is 24.3 Å². The number of benzene rings is 2. The first-order valence-electron chi connectivity index (χ1n) is 9.64. The van der Waals surface area contributed by atoms with E-state index in [1.165, 1.54) is 18.2 Å². The average Bonchev–Trinajstić information content (AvgIpc) is 2.71. The van der Waals surface area contributed by atoms with Crippen molar-refractivity contribution in [3.8, 4) is 0 Å². The van der Waals surface area contributed by atoms with Crippen LogP contribution in [0.1, 0.15) is 42.4 Å². The Morgan fingerprint density at radius 3 is 2.40 bits per heavy atom. The number of hydrogen-bond acceptors (Lipinski definition) is 2. The predicted octanol–water partition coefficient (Wildman–Crippen LogP) is 5.48. The van der Waals surface area contributed by atoms with Gasteiger partial charge in [-0.25, -0.2) is 0 Å². The molecule has 1 aliphatic carbocycles. The van der Waals surface area contributed by atoms with Crippen LogP contribution < -0.4 is 11.1 Å². The molecule has 1 amide bonds. The minimum atomic E-state index is -4.44. The molecule has 3 nitrogen and oxygen atoms in total. The maximum Gasteiger partial charge on any atom is 0.416 e. The van der Waals surface area contributed by atoms with Crippen LogP contribution in [0.15, 0.2) is 48.5 Å². The highest BCUT2D eigenvalue weighted by molar-refractivity contribution is 6.30. The molecule has 0 radical (unpaired) electrons. The first-order valence-corrected chi connectivity index (χ1v) is 10.0. The minimum Gasteiger partial charge on any atom is -0.352 e. The molecule has 1 fully saturated rings. The fourth-order valence-electron chi connectivity index (χ4n) is 4.14. The Morgan fingerprint density at radius 2 is 1.80 bits per heavy atom. The Labute approximate surface area is 185 Å². The van der Waals surface area contributed by atoms with E-state index in [2.05, 4.69) is 5.32 Å². The standard InChI is InChI=1S/C22H24ClF3N2O.ClH/c23-18-6-3-5-17(12-18)21(14-27)10-8-15(9-11-21)20(29)28-13-16-4-1-2-7-19(16)22(24,25)26;/h1-7,12,15H,8-11,13-14,27H2,(H,28,29);1H/t15-,21+;. The van der Waals surface area contributed by atoms with Gasteiger partial charge >= 0.3 is 6.18 Å². The van der Waals surface area contributed by atoms with Crippen molar-refractivity contribution in [1.82, 2.24) is 5.32 Å². The SMILES string of the molecule is Cl.NC[C@]1(c2cccc(Cl)c2)CC[C@@H](C(=O)NCc2ccccc2C(F)(F)F)CC1. The Hall–Kier alpha value is -1.76. The topological polar surface area (TPSA) is 55.1 Å². The second kappa shape index (κ2) is 10.0. The van der Waals surface area contributed by atoms with Gasteiger partial charge in [-0.1, -0.05) is 41.9 Å².